The van der Waals surface area contributed by atoms with Gasteiger partial charge in [-0.05, 0) is 18.2 Å². The largest absolute Gasteiger partial charge is 0.496 e. The van der Waals surface area contributed by atoms with Crippen LogP contribution in [0.4, 0.5) is 0 Å². The molecule has 3 aromatic rings. The number of carbonyl (C=O) groups is 1. The summed E-state index contributed by atoms with van der Waals surface area (Å²) in [5, 5.41) is 0. The molecule has 5 heteroatoms. The number of methoxy groups -OCH3 is 2. The predicted molar refractivity (Wildman–Crippen MR) is 82.3 cm³/mol. The number of aromatic nitrogens is 2. The molecule has 0 aliphatic heterocycles. The van der Waals surface area contributed by atoms with Gasteiger partial charge in [-0.15, -0.1) is 0 Å². The molecule has 2 heterocycles. The quantitative estimate of drug-likeness (QED) is 0.695. The third kappa shape index (κ3) is 2.65. The number of esters is 1. The van der Waals surface area contributed by atoms with Crippen molar-refractivity contribution < 1.29 is 14.3 Å². The summed E-state index contributed by atoms with van der Waals surface area (Å²) in [5.74, 6) is 0.483. The standard InChI is InChI=1S/C17H16N2O3/c1-21-15-6-4-3-5-12(15)9-14-11-19-10-13(17(20)22-2)7-8-16(19)18-14/h3-8,10-11H,9H2,1-2H3. The number of carbonyl (C=O) groups excluding carboxylic acids is 1. The second-order valence-corrected chi connectivity index (χ2v) is 4.90. The molecule has 1 aromatic carbocycles. The van der Waals surface area contributed by atoms with Gasteiger partial charge in [0.1, 0.15) is 11.4 Å². The molecule has 5 nitrogen and oxygen atoms in total. The lowest BCUT2D eigenvalue weighted by Crippen LogP contribution is -2.02. The first-order chi connectivity index (χ1) is 10.7. The van der Waals surface area contributed by atoms with Crippen molar-refractivity contribution in [3.8, 4) is 5.75 Å². The zero-order valence-corrected chi connectivity index (χ0v) is 12.4. The van der Waals surface area contributed by atoms with E-state index < -0.39 is 0 Å². The second kappa shape index (κ2) is 5.89. The van der Waals surface area contributed by atoms with E-state index in [1.807, 2.05) is 34.9 Å². The minimum absolute atomic E-state index is 0.359. The number of benzene rings is 1. The lowest BCUT2D eigenvalue weighted by Gasteiger charge is -2.05. The number of hydrogen-bond donors (Lipinski definition) is 0. The fraction of sp³-hybridized carbons (Fsp3) is 0.176. The molecule has 0 aliphatic carbocycles. The van der Waals surface area contributed by atoms with E-state index in [0.29, 0.717) is 12.0 Å². The highest BCUT2D eigenvalue weighted by molar-refractivity contribution is 5.89. The molecule has 0 bridgehead atoms. The molecular formula is C17H16N2O3. The van der Waals surface area contributed by atoms with Gasteiger partial charge in [-0.3, -0.25) is 0 Å². The first kappa shape index (κ1) is 14.1. The average molecular weight is 296 g/mol. The van der Waals surface area contributed by atoms with E-state index in [9.17, 15) is 4.79 Å². The molecule has 0 spiro atoms. The lowest BCUT2D eigenvalue weighted by molar-refractivity contribution is 0.0600. The summed E-state index contributed by atoms with van der Waals surface area (Å²) >= 11 is 0. The van der Waals surface area contributed by atoms with Gasteiger partial charge in [-0.25, -0.2) is 9.78 Å². The number of para-hydroxylation sites is 1. The van der Waals surface area contributed by atoms with Crippen LogP contribution < -0.4 is 4.74 Å². The molecule has 0 amide bonds. The van der Waals surface area contributed by atoms with Crippen LogP contribution >= 0.6 is 0 Å². The van der Waals surface area contributed by atoms with Crippen LogP contribution in [0.15, 0.2) is 48.8 Å². The van der Waals surface area contributed by atoms with Crippen molar-refractivity contribution in [1.82, 2.24) is 9.38 Å². The van der Waals surface area contributed by atoms with Gasteiger partial charge in [-0.1, -0.05) is 18.2 Å². The Labute approximate surface area is 128 Å². The smallest absolute Gasteiger partial charge is 0.339 e. The van der Waals surface area contributed by atoms with E-state index in [0.717, 1.165) is 22.7 Å². The molecule has 2 aromatic heterocycles. The highest BCUT2D eigenvalue weighted by Gasteiger charge is 2.10. The molecule has 0 unspecified atom stereocenters. The first-order valence-corrected chi connectivity index (χ1v) is 6.89. The molecule has 3 rings (SSSR count). The van der Waals surface area contributed by atoms with Gasteiger partial charge >= 0.3 is 5.97 Å². The van der Waals surface area contributed by atoms with E-state index in [4.69, 9.17) is 9.47 Å². The number of imidazole rings is 1. The third-order valence-corrected chi connectivity index (χ3v) is 3.49. The lowest BCUT2D eigenvalue weighted by atomic mass is 10.1. The van der Waals surface area contributed by atoms with E-state index >= 15 is 0 Å². The predicted octanol–water partition coefficient (Wildman–Crippen LogP) is 2.72. The van der Waals surface area contributed by atoms with Crippen LogP contribution in [0, 0.1) is 0 Å². The van der Waals surface area contributed by atoms with Crippen molar-refractivity contribution >= 4 is 11.6 Å². The maximum Gasteiger partial charge on any atom is 0.339 e. The number of rotatable bonds is 4. The van der Waals surface area contributed by atoms with Crippen LogP contribution in [-0.2, 0) is 11.2 Å². The van der Waals surface area contributed by atoms with Crippen LogP contribution in [0.2, 0.25) is 0 Å². The second-order valence-electron chi connectivity index (χ2n) is 4.90. The van der Waals surface area contributed by atoms with Gasteiger partial charge < -0.3 is 13.9 Å². The minimum atomic E-state index is -0.359. The van der Waals surface area contributed by atoms with Gasteiger partial charge in [0.15, 0.2) is 0 Å². The summed E-state index contributed by atoms with van der Waals surface area (Å²) in [4.78, 5) is 16.1. The van der Waals surface area contributed by atoms with Gasteiger partial charge in [0.05, 0.1) is 25.5 Å². The molecular weight excluding hydrogens is 280 g/mol. The number of pyridine rings is 1. The summed E-state index contributed by atoms with van der Waals surface area (Å²) in [6, 6.07) is 11.4. The van der Waals surface area contributed by atoms with Crippen LogP contribution in [-0.4, -0.2) is 29.6 Å². The number of fused-ring (bicyclic) bond motifs is 1. The maximum absolute atomic E-state index is 11.6. The Balaban J connectivity index is 1.93. The average Bonchev–Trinajstić information content (AvgIpc) is 2.95. The van der Waals surface area contributed by atoms with Gasteiger partial charge in [0, 0.05) is 24.4 Å². The topological polar surface area (TPSA) is 52.8 Å². The first-order valence-electron chi connectivity index (χ1n) is 6.89. The molecule has 0 saturated heterocycles. The van der Waals surface area contributed by atoms with Gasteiger partial charge in [-0.2, -0.15) is 0 Å². The third-order valence-electron chi connectivity index (χ3n) is 3.49. The van der Waals surface area contributed by atoms with Gasteiger partial charge in [0.25, 0.3) is 0 Å². The summed E-state index contributed by atoms with van der Waals surface area (Å²) in [6.45, 7) is 0. The molecule has 112 valence electrons. The highest BCUT2D eigenvalue weighted by Crippen LogP contribution is 2.21. The summed E-state index contributed by atoms with van der Waals surface area (Å²) in [6.07, 6.45) is 4.30. The minimum Gasteiger partial charge on any atom is -0.496 e. The Hall–Kier alpha value is -2.82. The van der Waals surface area contributed by atoms with Crippen molar-refractivity contribution in [1.29, 1.82) is 0 Å². The molecule has 22 heavy (non-hydrogen) atoms. The van der Waals surface area contributed by atoms with Crippen LogP contribution in [0.25, 0.3) is 5.65 Å². The van der Waals surface area contributed by atoms with Crippen LogP contribution in [0.3, 0.4) is 0 Å². The monoisotopic (exact) mass is 296 g/mol. The Bertz CT molecular complexity index is 824. The Morgan fingerprint density at radius 1 is 1.14 bits per heavy atom. The number of nitrogens with zero attached hydrogens (tertiary/aromatic N) is 2. The Kier molecular flexibility index (Phi) is 3.78. The molecule has 0 atom stereocenters. The normalized spacial score (nSPS) is 10.6. The van der Waals surface area contributed by atoms with Crippen LogP contribution in [0.1, 0.15) is 21.6 Å². The van der Waals surface area contributed by atoms with Crippen LogP contribution in [0.5, 0.6) is 5.75 Å². The number of ether oxygens (including phenoxy) is 2. The molecule has 0 radical (unpaired) electrons. The van der Waals surface area contributed by atoms with E-state index in [2.05, 4.69) is 4.98 Å². The fourth-order valence-corrected chi connectivity index (χ4v) is 2.41. The highest BCUT2D eigenvalue weighted by atomic mass is 16.5. The Morgan fingerprint density at radius 2 is 1.95 bits per heavy atom. The SMILES string of the molecule is COC(=O)c1ccc2nc(Cc3ccccc3OC)cn2c1. The molecule has 0 aliphatic rings. The van der Waals surface area contributed by atoms with E-state index in [1.54, 1.807) is 25.4 Å². The summed E-state index contributed by atoms with van der Waals surface area (Å²) in [7, 11) is 3.03. The zero-order valence-electron chi connectivity index (χ0n) is 12.4. The van der Waals surface area contributed by atoms with Crippen molar-refractivity contribution in [3.05, 3.63) is 65.6 Å². The van der Waals surface area contributed by atoms with Crippen molar-refractivity contribution in [3.63, 3.8) is 0 Å². The maximum atomic E-state index is 11.6. The Morgan fingerprint density at radius 3 is 2.73 bits per heavy atom. The number of hydrogen-bond acceptors (Lipinski definition) is 4. The van der Waals surface area contributed by atoms with Gasteiger partial charge in [0.2, 0.25) is 0 Å². The van der Waals surface area contributed by atoms with Crippen molar-refractivity contribution in [2.45, 2.75) is 6.42 Å². The molecule has 0 fully saturated rings. The van der Waals surface area contributed by atoms with E-state index in [1.165, 1.54) is 7.11 Å². The van der Waals surface area contributed by atoms with Crippen molar-refractivity contribution in [2.75, 3.05) is 14.2 Å². The van der Waals surface area contributed by atoms with Crippen molar-refractivity contribution in [2.24, 2.45) is 0 Å². The fourth-order valence-electron chi connectivity index (χ4n) is 2.41. The summed E-state index contributed by atoms with van der Waals surface area (Å²) in [5.41, 5.74) is 3.27. The summed E-state index contributed by atoms with van der Waals surface area (Å²) < 4.78 is 11.9. The molecule has 0 N–H and O–H groups in total. The van der Waals surface area contributed by atoms with E-state index in [-0.39, 0.29) is 5.97 Å². The zero-order chi connectivity index (χ0) is 15.5. The molecule has 0 saturated carbocycles.